The summed E-state index contributed by atoms with van der Waals surface area (Å²) in [6.07, 6.45) is -4.53. The first-order valence-electron chi connectivity index (χ1n) is 7.01. The van der Waals surface area contributed by atoms with Crippen LogP contribution >= 0.6 is 0 Å². The van der Waals surface area contributed by atoms with E-state index in [2.05, 4.69) is 5.32 Å². The highest BCUT2D eigenvalue weighted by molar-refractivity contribution is 5.94. The fourth-order valence-electron chi connectivity index (χ4n) is 2.12. The lowest BCUT2D eigenvalue weighted by Gasteiger charge is -2.15. The van der Waals surface area contributed by atoms with Crippen LogP contribution in [0.15, 0.2) is 42.5 Å². The number of ether oxygens (including phenoxy) is 2. The van der Waals surface area contributed by atoms with Gasteiger partial charge in [0.15, 0.2) is 0 Å². The maximum atomic E-state index is 13.1. The first-order chi connectivity index (χ1) is 11.3. The molecule has 2 aromatic rings. The molecule has 7 heteroatoms. The molecule has 0 aliphatic heterocycles. The molecule has 2 aromatic carbocycles. The van der Waals surface area contributed by atoms with Crippen LogP contribution in [0.4, 0.5) is 13.2 Å². The number of benzene rings is 2. The quantitative estimate of drug-likeness (QED) is 0.904. The van der Waals surface area contributed by atoms with Gasteiger partial charge in [0.1, 0.15) is 11.5 Å². The molecular formula is C17H16F3NO3. The topological polar surface area (TPSA) is 47.6 Å². The van der Waals surface area contributed by atoms with E-state index < -0.39 is 17.6 Å². The molecular weight excluding hydrogens is 323 g/mol. The smallest absolute Gasteiger partial charge is 0.416 e. The molecule has 0 aliphatic rings. The molecule has 0 fully saturated rings. The van der Waals surface area contributed by atoms with Gasteiger partial charge in [-0.15, -0.1) is 0 Å². The van der Waals surface area contributed by atoms with Crippen LogP contribution < -0.4 is 14.8 Å². The third kappa shape index (κ3) is 4.18. The van der Waals surface area contributed by atoms with Gasteiger partial charge in [0, 0.05) is 12.1 Å². The van der Waals surface area contributed by atoms with Crippen molar-refractivity contribution < 1.29 is 27.4 Å². The number of amides is 1. The number of hydrogen-bond acceptors (Lipinski definition) is 3. The maximum absolute atomic E-state index is 13.1. The van der Waals surface area contributed by atoms with Crippen molar-refractivity contribution in [3.8, 4) is 11.5 Å². The minimum absolute atomic E-state index is 0.0369. The predicted octanol–water partition coefficient (Wildman–Crippen LogP) is 3.65. The van der Waals surface area contributed by atoms with Gasteiger partial charge >= 0.3 is 6.18 Å². The molecule has 0 unspecified atom stereocenters. The van der Waals surface area contributed by atoms with E-state index in [9.17, 15) is 18.0 Å². The second-order valence-corrected chi connectivity index (χ2v) is 4.93. The highest BCUT2D eigenvalue weighted by Crippen LogP contribution is 2.34. The molecule has 0 bridgehead atoms. The average molecular weight is 339 g/mol. The summed E-state index contributed by atoms with van der Waals surface area (Å²) in [7, 11) is 2.79. The Morgan fingerprint density at radius 3 is 2.12 bits per heavy atom. The largest absolute Gasteiger partial charge is 0.497 e. The van der Waals surface area contributed by atoms with Gasteiger partial charge in [0.05, 0.1) is 19.8 Å². The highest BCUT2D eigenvalue weighted by Gasteiger charge is 2.33. The molecule has 0 radical (unpaired) electrons. The van der Waals surface area contributed by atoms with Crippen LogP contribution in [0.5, 0.6) is 11.5 Å². The molecule has 0 heterocycles. The van der Waals surface area contributed by atoms with Crippen molar-refractivity contribution in [3.05, 3.63) is 59.2 Å². The number of carbonyl (C=O) groups is 1. The molecule has 0 atom stereocenters. The van der Waals surface area contributed by atoms with Crippen molar-refractivity contribution in [1.82, 2.24) is 5.32 Å². The van der Waals surface area contributed by atoms with Crippen LogP contribution in [0, 0.1) is 0 Å². The SMILES string of the molecule is COc1ccc(C(=O)NCc2ccc(OC)cc2C(F)(F)F)cc1. The zero-order chi connectivity index (χ0) is 17.7. The second kappa shape index (κ2) is 7.25. The van der Waals surface area contributed by atoms with Crippen molar-refractivity contribution in [2.75, 3.05) is 14.2 Å². The summed E-state index contributed by atoms with van der Waals surface area (Å²) in [5.41, 5.74) is -0.542. The van der Waals surface area contributed by atoms with Gasteiger partial charge in [-0.25, -0.2) is 0 Å². The van der Waals surface area contributed by atoms with Crippen molar-refractivity contribution in [1.29, 1.82) is 0 Å². The number of methoxy groups -OCH3 is 2. The summed E-state index contributed by atoms with van der Waals surface area (Å²) < 4.78 is 49.1. The van der Waals surface area contributed by atoms with Gasteiger partial charge in [-0.1, -0.05) is 6.07 Å². The van der Waals surface area contributed by atoms with Crippen LogP contribution in [-0.2, 0) is 12.7 Å². The fourth-order valence-corrected chi connectivity index (χ4v) is 2.12. The Balaban J connectivity index is 2.14. The van der Waals surface area contributed by atoms with Crippen LogP contribution in [-0.4, -0.2) is 20.1 Å². The van der Waals surface area contributed by atoms with E-state index >= 15 is 0 Å². The number of carbonyl (C=O) groups excluding carboxylic acids is 1. The Labute approximate surface area is 137 Å². The van der Waals surface area contributed by atoms with Gasteiger partial charge in [0.25, 0.3) is 5.91 Å². The molecule has 0 aromatic heterocycles. The molecule has 2 rings (SSSR count). The van der Waals surface area contributed by atoms with E-state index in [1.54, 1.807) is 12.1 Å². The number of hydrogen-bond donors (Lipinski definition) is 1. The Hall–Kier alpha value is -2.70. The Kier molecular flexibility index (Phi) is 5.33. The lowest BCUT2D eigenvalue weighted by Crippen LogP contribution is -2.24. The fraction of sp³-hybridized carbons (Fsp3) is 0.235. The van der Waals surface area contributed by atoms with Gasteiger partial charge in [0.2, 0.25) is 0 Å². The molecule has 1 amide bonds. The van der Waals surface area contributed by atoms with Crippen LogP contribution in [0.3, 0.4) is 0 Å². The van der Waals surface area contributed by atoms with Crippen molar-refractivity contribution in [3.63, 3.8) is 0 Å². The van der Waals surface area contributed by atoms with Gasteiger partial charge in [-0.3, -0.25) is 4.79 Å². The molecule has 0 saturated heterocycles. The lowest BCUT2D eigenvalue weighted by molar-refractivity contribution is -0.138. The molecule has 0 aliphatic carbocycles. The van der Waals surface area contributed by atoms with E-state index in [0.717, 1.165) is 6.07 Å². The summed E-state index contributed by atoms with van der Waals surface area (Å²) in [4.78, 5) is 12.0. The summed E-state index contributed by atoms with van der Waals surface area (Å²) in [6, 6.07) is 9.89. The average Bonchev–Trinajstić information content (AvgIpc) is 2.58. The Morgan fingerprint density at radius 2 is 1.58 bits per heavy atom. The maximum Gasteiger partial charge on any atom is 0.416 e. The van der Waals surface area contributed by atoms with Gasteiger partial charge in [-0.05, 0) is 42.0 Å². The third-order valence-corrected chi connectivity index (χ3v) is 3.41. The zero-order valence-corrected chi connectivity index (χ0v) is 13.1. The number of alkyl halides is 3. The zero-order valence-electron chi connectivity index (χ0n) is 13.1. The molecule has 24 heavy (non-hydrogen) atoms. The molecule has 128 valence electrons. The first kappa shape index (κ1) is 17.7. The normalized spacial score (nSPS) is 11.0. The molecule has 0 saturated carbocycles. The van der Waals surface area contributed by atoms with Crippen LogP contribution in [0.1, 0.15) is 21.5 Å². The van der Waals surface area contributed by atoms with Gasteiger partial charge in [-0.2, -0.15) is 13.2 Å². The third-order valence-electron chi connectivity index (χ3n) is 3.41. The van der Waals surface area contributed by atoms with E-state index in [4.69, 9.17) is 9.47 Å². The summed E-state index contributed by atoms with van der Waals surface area (Å²) in [5.74, 6) is 0.218. The van der Waals surface area contributed by atoms with Crippen molar-refractivity contribution >= 4 is 5.91 Å². The first-order valence-corrected chi connectivity index (χ1v) is 7.01. The summed E-state index contributed by atoms with van der Waals surface area (Å²) in [5, 5.41) is 2.48. The van der Waals surface area contributed by atoms with E-state index in [1.807, 2.05) is 0 Å². The molecule has 0 spiro atoms. The standard InChI is InChI=1S/C17H16F3NO3/c1-23-13-6-3-11(4-7-13)16(22)21-10-12-5-8-14(24-2)9-15(12)17(18,19)20/h3-9H,10H2,1-2H3,(H,21,22). The monoisotopic (exact) mass is 339 g/mol. The van der Waals surface area contributed by atoms with Gasteiger partial charge < -0.3 is 14.8 Å². The Morgan fingerprint density at radius 1 is 1.00 bits per heavy atom. The minimum Gasteiger partial charge on any atom is -0.497 e. The molecule has 4 nitrogen and oxygen atoms in total. The second-order valence-electron chi connectivity index (χ2n) is 4.93. The van der Waals surface area contributed by atoms with E-state index in [1.165, 1.54) is 38.5 Å². The van der Waals surface area contributed by atoms with Crippen LogP contribution in [0.25, 0.3) is 0 Å². The Bertz CT molecular complexity index is 712. The summed E-state index contributed by atoms with van der Waals surface area (Å²) in [6.45, 7) is -0.246. The van der Waals surface area contributed by atoms with E-state index in [-0.39, 0.29) is 17.9 Å². The number of halogens is 3. The number of rotatable bonds is 5. The van der Waals surface area contributed by atoms with Crippen molar-refractivity contribution in [2.24, 2.45) is 0 Å². The lowest BCUT2D eigenvalue weighted by atomic mass is 10.1. The summed E-state index contributed by atoms with van der Waals surface area (Å²) >= 11 is 0. The highest BCUT2D eigenvalue weighted by atomic mass is 19.4. The van der Waals surface area contributed by atoms with Crippen LogP contribution in [0.2, 0.25) is 0 Å². The number of nitrogens with one attached hydrogen (secondary N) is 1. The van der Waals surface area contributed by atoms with E-state index in [0.29, 0.717) is 11.3 Å². The minimum atomic E-state index is -4.53. The molecule has 1 N–H and O–H groups in total. The van der Waals surface area contributed by atoms with Crippen molar-refractivity contribution in [2.45, 2.75) is 12.7 Å². The predicted molar refractivity (Wildman–Crippen MR) is 82.2 cm³/mol.